The fraction of sp³-hybridized carbons (Fsp3) is 0.302. The van der Waals surface area contributed by atoms with Gasteiger partial charge in [0.1, 0.15) is 17.2 Å². The summed E-state index contributed by atoms with van der Waals surface area (Å²) in [5, 5.41) is 5.41. The molecule has 5 nitrogen and oxygen atoms in total. The van der Waals surface area contributed by atoms with Gasteiger partial charge in [-0.2, -0.15) is 0 Å². The minimum atomic E-state index is -0.812. The van der Waals surface area contributed by atoms with E-state index in [2.05, 4.69) is 83.3 Å². The number of carbonyl (C=O) groups excluding carboxylic acids is 1. The van der Waals surface area contributed by atoms with E-state index >= 15 is 0 Å². The number of hydrogen-bond acceptors (Lipinski definition) is 5. The largest absolute Gasteiger partial charge is 0.460 e. The number of aliphatic imine (C=N–C) groups is 1. The van der Waals surface area contributed by atoms with Crippen LogP contribution in [0.5, 0.6) is 11.5 Å². The maximum Gasteiger partial charge on any atom is 0.343 e. The van der Waals surface area contributed by atoms with Gasteiger partial charge >= 0.3 is 5.97 Å². The van der Waals surface area contributed by atoms with Gasteiger partial charge in [0.05, 0.1) is 17.2 Å². The van der Waals surface area contributed by atoms with Crippen molar-refractivity contribution in [1.82, 2.24) is 0 Å². The number of halogens is 1. The summed E-state index contributed by atoms with van der Waals surface area (Å²) in [6, 6.07) is 36.1. The SMILES string of the molecule is CC(C)(Cc1ccc(C(=O)Oc2ccc3ccc4c(c3c2)N=CC2(Nc3ccccc3C2(C)C)O4)cc1)CC(c1ccccc1)C(C)(C)Cl. The van der Waals surface area contributed by atoms with Crippen LogP contribution in [0, 0.1) is 5.41 Å². The molecule has 1 spiro atoms. The molecular formula is C43H43ClN2O3. The summed E-state index contributed by atoms with van der Waals surface area (Å²) in [5.74, 6) is 0.925. The van der Waals surface area contributed by atoms with E-state index in [0.29, 0.717) is 22.7 Å². The zero-order chi connectivity index (χ0) is 34.6. The fourth-order valence-corrected chi connectivity index (χ4v) is 7.68. The summed E-state index contributed by atoms with van der Waals surface area (Å²) in [7, 11) is 0. The molecule has 2 aliphatic heterocycles. The third-order valence-electron chi connectivity index (χ3n) is 10.3. The maximum atomic E-state index is 13.3. The highest BCUT2D eigenvalue weighted by molar-refractivity contribution is 6.24. The van der Waals surface area contributed by atoms with Crippen molar-refractivity contribution in [3.63, 3.8) is 0 Å². The number of alkyl halides is 1. The third-order valence-corrected chi connectivity index (χ3v) is 10.6. The highest BCUT2D eigenvalue weighted by Gasteiger charge is 2.55. The average Bonchev–Trinajstić information content (AvgIpc) is 3.28. The Balaban J connectivity index is 1.06. The van der Waals surface area contributed by atoms with Crippen LogP contribution in [0.4, 0.5) is 11.4 Å². The molecule has 49 heavy (non-hydrogen) atoms. The van der Waals surface area contributed by atoms with Crippen LogP contribution in [0.2, 0.25) is 0 Å². The van der Waals surface area contributed by atoms with E-state index in [-0.39, 0.29) is 21.6 Å². The van der Waals surface area contributed by atoms with Gasteiger partial charge in [0.2, 0.25) is 5.72 Å². The number of rotatable bonds is 8. The zero-order valence-corrected chi connectivity index (χ0v) is 29.8. The zero-order valence-electron chi connectivity index (χ0n) is 29.0. The lowest BCUT2D eigenvalue weighted by atomic mass is 9.72. The Morgan fingerprint density at radius 1 is 0.898 bits per heavy atom. The molecule has 1 N–H and O–H groups in total. The van der Waals surface area contributed by atoms with Crippen molar-refractivity contribution in [2.45, 2.75) is 76.3 Å². The van der Waals surface area contributed by atoms with Gasteiger partial charge in [0.15, 0.2) is 0 Å². The van der Waals surface area contributed by atoms with Crippen LogP contribution in [0.3, 0.4) is 0 Å². The number of nitrogens with zero attached hydrogens (tertiary/aromatic N) is 1. The number of fused-ring (bicyclic) bond motifs is 4. The minimum Gasteiger partial charge on any atom is -0.460 e. The molecule has 2 aliphatic rings. The van der Waals surface area contributed by atoms with Crippen molar-refractivity contribution in [3.8, 4) is 11.5 Å². The van der Waals surface area contributed by atoms with Gasteiger partial charge in [0, 0.05) is 21.9 Å². The first kappa shape index (κ1) is 32.9. The summed E-state index contributed by atoms with van der Waals surface area (Å²) in [6.07, 6.45) is 3.66. The molecule has 0 amide bonds. The van der Waals surface area contributed by atoms with Crippen LogP contribution >= 0.6 is 11.6 Å². The summed E-state index contributed by atoms with van der Waals surface area (Å²) >= 11 is 6.92. The quantitative estimate of drug-likeness (QED) is 0.101. The van der Waals surface area contributed by atoms with Crippen LogP contribution in [0.25, 0.3) is 10.8 Å². The van der Waals surface area contributed by atoms with E-state index in [1.807, 2.05) is 79.0 Å². The molecular weight excluding hydrogens is 628 g/mol. The number of ether oxygens (including phenoxy) is 2. The van der Waals surface area contributed by atoms with Gasteiger partial charge in [-0.05, 0) is 104 Å². The molecule has 0 aromatic heterocycles. The van der Waals surface area contributed by atoms with Crippen molar-refractivity contribution < 1.29 is 14.3 Å². The standard InChI is InChI=1S/C43H43ClN2O3/c1-40(2,26-35(42(5,6)44)30-12-8-7-9-13-30)25-28-16-18-31(19-17-28)39(47)48-32-22-20-29-21-23-37-38(33(29)24-32)45-27-43(49-37)41(3,4)34-14-10-11-15-36(34)46-43/h7-24,27,35,46H,25-26H2,1-6H3. The highest BCUT2D eigenvalue weighted by Crippen LogP contribution is 2.51. The van der Waals surface area contributed by atoms with Gasteiger partial charge in [0.25, 0.3) is 0 Å². The Hall–Kier alpha value is -4.61. The van der Waals surface area contributed by atoms with E-state index in [9.17, 15) is 4.79 Å². The van der Waals surface area contributed by atoms with Crippen molar-refractivity contribution in [3.05, 3.63) is 131 Å². The molecule has 0 bridgehead atoms. The van der Waals surface area contributed by atoms with Crippen LogP contribution in [0.15, 0.2) is 114 Å². The molecule has 0 saturated carbocycles. The van der Waals surface area contributed by atoms with E-state index in [1.54, 1.807) is 0 Å². The Morgan fingerprint density at radius 3 is 2.31 bits per heavy atom. The Labute approximate surface area is 294 Å². The molecule has 2 unspecified atom stereocenters. The summed E-state index contributed by atoms with van der Waals surface area (Å²) in [4.78, 5) is 17.9. The molecule has 2 atom stereocenters. The topological polar surface area (TPSA) is 59.9 Å². The molecule has 0 aliphatic carbocycles. The van der Waals surface area contributed by atoms with E-state index in [1.165, 1.54) is 11.1 Å². The van der Waals surface area contributed by atoms with Gasteiger partial charge in [-0.25, -0.2) is 4.79 Å². The molecule has 5 aromatic rings. The number of carbonyl (C=O) groups is 1. The monoisotopic (exact) mass is 670 g/mol. The third kappa shape index (κ3) is 6.21. The van der Waals surface area contributed by atoms with Crippen molar-refractivity contribution in [2.24, 2.45) is 10.4 Å². The smallest absolute Gasteiger partial charge is 0.343 e. The Kier molecular flexibility index (Phi) is 8.10. The number of benzene rings is 5. The minimum absolute atomic E-state index is 0.0155. The average molecular weight is 671 g/mol. The van der Waals surface area contributed by atoms with E-state index < -0.39 is 11.7 Å². The summed E-state index contributed by atoms with van der Waals surface area (Å²) in [5.41, 5.74) is 4.68. The Morgan fingerprint density at radius 2 is 1.59 bits per heavy atom. The Bertz CT molecular complexity index is 2060. The van der Waals surface area contributed by atoms with Gasteiger partial charge in [-0.1, -0.05) is 86.6 Å². The number of anilines is 1. The van der Waals surface area contributed by atoms with Gasteiger partial charge in [-0.3, -0.25) is 4.99 Å². The van der Waals surface area contributed by atoms with E-state index in [4.69, 9.17) is 26.1 Å². The summed E-state index contributed by atoms with van der Waals surface area (Å²) in [6.45, 7) is 13.1. The molecule has 5 aromatic carbocycles. The molecule has 0 fully saturated rings. The number of esters is 1. The molecule has 2 heterocycles. The summed E-state index contributed by atoms with van der Waals surface area (Å²) < 4.78 is 12.6. The lowest BCUT2D eigenvalue weighted by molar-refractivity contribution is 0.0735. The number of nitrogens with one attached hydrogen (secondary N) is 1. The predicted octanol–water partition coefficient (Wildman–Crippen LogP) is 11.0. The first-order valence-electron chi connectivity index (χ1n) is 17.0. The fourth-order valence-electron chi connectivity index (χ4n) is 7.48. The maximum absolute atomic E-state index is 13.3. The normalized spacial score (nSPS) is 18.3. The molecule has 250 valence electrons. The van der Waals surface area contributed by atoms with Gasteiger partial charge < -0.3 is 14.8 Å². The van der Waals surface area contributed by atoms with E-state index in [0.717, 1.165) is 34.9 Å². The van der Waals surface area contributed by atoms with Crippen molar-refractivity contribution in [1.29, 1.82) is 0 Å². The van der Waals surface area contributed by atoms with Crippen molar-refractivity contribution in [2.75, 3.05) is 5.32 Å². The molecule has 6 heteroatoms. The first-order valence-corrected chi connectivity index (χ1v) is 17.4. The lowest BCUT2D eigenvalue weighted by Crippen LogP contribution is -2.56. The molecule has 0 saturated heterocycles. The molecule has 0 radical (unpaired) electrons. The second kappa shape index (κ2) is 12.1. The first-order chi connectivity index (χ1) is 23.2. The van der Waals surface area contributed by atoms with Crippen LogP contribution in [0.1, 0.15) is 80.9 Å². The van der Waals surface area contributed by atoms with Crippen LogP contribution in [-0.4, -0.2) is 22.8 Å². The van der Waals surface area contributed by atoms with Crippen LogP contribution < -0.4 is 14.8 Å². The number of hydrogen-bond donors (Lipinski definition) is 1. The second-order valence-corrected chi connectivity index (χ2v) is 16.3. The lowest BCUT2D eigenvalue weighted by Gasteiger charge is -2.40. The van der Waals surface area contributed by atoms with Gasteiger partial charge in [-0.15, -0.1) is 11.6 Å². The predicted molar refractivity (Wildman–Crippen MR) is 201 cm³/mol. The second-order valence-electron chi connectivity index (χ2n) is 15.3. The van der Waals surface area contributed by atoms with Crippen molar-refractivity contribution >= 4 is 45.9 Å². The van der Waals surface area contributed by atoms with Crippen LogP contribution in [-0.2, 0) is 11.8 Å². The number of para-hydroxylation sites is 1. The molecule has 7 rings (SSSR count). The highest BCUT2D eigenvalue weighted by atomic mass is 35.5.